The Labute approximate surface area is 195 Å². The third-order valence-electron chi connectivity index (χ3n) is 4.24. The molecule has 0 aliphatic heterocycles. The highest BCUT2D eigenvalue weighted by molar-refractivity contribution is 6.32. The fourth-order valence-corrected chi connectivity index (χ4v) is 3.05. The summed E-state index contributed by atoms with van der Waals surface area (Å²) in [5, 5.41) is 6.55. The molecule has 0 saturated heterocycles. The van der Waals surface area contributed by atoms with Crippen molar-refractivity contribution in [1.29, 1.82) is 0 Å². The number of halogens is 2. The van der Waals surface area contributed by atoms with E-state index in [-0.39, 0.29) is 22.4 Å². The SMILES string of the molecule is CCOc1cc(/C=N/NC(=O)c2ccccc2)cc(Cl)c1OCC(=O)Nc1ccccc1F. The van der Waals surface area contributed by atoms with Crippen molar-refractivity contribution in [2.24, 2.45) is 5.10 Å². The molecule has 2 N–H and O–H groups in total. The van der Waals surface area contributed by atoms with Crippen LogP contribution in [0, 0.1) is 5.82 Å². The van der Waals surface area contributed by atoms with Crippen LogP contribution in [0.4, 0.5) is 10.1 Å². The van der Waals surface area contributed by atoms with E-state index >= 15 is 0 Å². The van der Waals surface area contributed by atoms with Crippen molar-refractivity contribution in [3.05, 3.63) is 88.7 Å². The molecule has 0 heterocycles. The summed E-state index contributed by atoms with van der Waals surface area (Å²) in [4.78, 5) is 24.2. The predicted molar refractivity (Wildman–Crippen MR) is 125 cm³/mol. The highest BCUT2D eigenvalue weighted by atomic mass is 35.5. The van der Waals surface area contributed by atoms with Crippen LogP contribution in [0.5, 0.6) is 11.5 Å². The smallest absolute Gasteiger partial charge is 0.271 e. The fraction of sp³-hybridized carbons (Fsp3) is 0.125. The molecular formula is C24H21ClFN3O4. The first kappa shape index (κ1) is 23.7. The lowest BCUT2D eigenvalue weighted by Crippen LogP contribution is -2.21. The van der Waals surface area contributed by atoms with Gasteiger partial charge < -0.3 is 14.8 Å². The van der Waals surface area contributed by atoms with Crippen LogP contribution in [0.15, 0.2) is 71.8 Å². The van der Waals surface area contributed by atoms with Gasteiger partial charge in [-0.1, -0.05) is 41.9 Å². The van der Waals surface area contributed by atoms with Crippen LogP contribution in [-0.4, -0.2) is 31.2 Å². The average molecular weight is 470 g/mol. The van der Waals surface area contributed by atoms with Gasteiger partial charge in [-0.3, -0.25) is 9.59 Å². The number of hydrogen-bond donors (Lipinski definition) is 2. The topological polar surface area (TPSA) is 89.0 Å². The van der Waals surface area contributed by atoms with Gasteiger partial charge in [0.05, 0.1) is 23.5 Å². The van der Waals surface area contributed by atoms with Gasteiger partial charge in [-0.05, 0) is 48.9 Å². The van der Waals surface area contributed by atoms with Crippen LogP contribution in [0.2, 0.25) is 5.02 Å². The van der Waals surface area contributed by atoms with Gasteiger partial charge in [0.1, 0.15) is 5.82 Å². The van der Waals surface area contributed by atoms with E-state index < -0.39 is 18.3 Å². The first-order valence-electron chi connectivity index (χ1n) is 10.00. The van der Waals surface area contributed by atoms with Gasteiger partial charge in [-0.15, -0.1) is 0 Å². The number of carbonyl (C=O) groups excluding carboxylic acids is 2. The number of amides is 2. The second-order valence-electron chi connectivity index (χ2n) is 6.64. The number of benzene rings is 3. The number of nitrogens with one attached hydrogen (secondary N) is 2. The van der Waals surface area contributed by atoms with E-state index in [1.807, 2.05) is 6.07 Å². The van der Waals surface area contributed by atoms with Crippen LogP contribution >= 0.6 is 11.6 Å². The number of anilines is 1. The Kier molecular flexibility index (Phi) is 8.37. The molecule has 0 atom stereocenters. The molecule has 0 spiro atoms. The summed E-state index contributed by atoms with van der Waals surface area (Å²) in [7, 11) is 0. The van der Waals surface area contributed by atoms with Gasteiger partial charge in [-0.2, -0.15) is 5.10 Å². The van der Waals surface area contributed by atoms with E-state index in [1.165, 1.54) is 24.4 Å². The Morgan fingerprint density at radius 2 is 1.79 bits per heavy atom. The monoisotopic (exact) mass is 469 g/mol. The highest BCUT2D eigenvalue weighted by Gasteiger charge is 2.15. The predicted octanol–water partition coefficient (Wildman–Crippen LogP) is 4.66. The minimum atomic E-state index is -0.562. The molecule has 9 heteroatoms. The lowest BCUT2D eigenvalue weighted by Gasteiger charge is -2.14. The van der Waals surface area contributed by atoms with Crippen molar-refractivity contribution in [2.75, 3.05) is 18.5 Å². The van der Waals surface area contributed by atoms with Crippen LogP contribution in [0.3, 0.4) is 0 Å². The van der Waals surface area contributed by atoms with Crippen LogP contribution in [0.25, 0.3) is 0 Å². The quantitative estimate of drug-likeness (QED) is 0.352. The maximum Gasteiger partial charge on any atom is 0.271 e. The Morgan fingerprint density at radius 3 is 2.52 bits per heavy atom. The molecule has 7 nitrogen and oxygen atoms in total. The third kappa shape index (κ3) is 6.78. The van der Waals surface area contributed by atoms with Gasteiger partial charge in [0.25, 0.3) is 11.8 Å². The van der Waals surface area contributed by atoms with Gasteiger partial charge in [0.15, 0.2) is 18.1 Å². The van der Waals surface area contributed by atoms with Crippen molar-refractivity contribution in [2.45, 2.75) is 6.92 Å². The van der Waals surface area contributed by atoms with Crippen molar-refractivity contribution in [3.63, 3.8) is 0 Å². The van der Waals surface area contributed by atoms with E-state index in [0.717, 1.165) is 0 Å². The van der Waals surface area contributed by atoms with Gasteiger partial charge >= 0.3 is 0 Å². The second kappa shape index (κ2) is 11.6. The summed E-state index contributed by atoms with van der Waals surface area (Å²) in [6.07, 6.45) is 1.41. The zero-order chi connectivity index (χ0) is 23.6. The maximum absolute atomic E-state index is 13.7. The minimum absolute atomic E-state index is 0.0475. The minimum Gasteiger partial charge on any atom is -0.490 e. The van der Waals surface area contributed by atoms with E-state index in [4.69, 9.17) is 21.1 Å². The number of para-hydroxylation sites is 1. The van der Waals surface area contributed by atoms with Crippen LogP contribution in [-0.2, 0) is 4.79 Å². The molecule has 0 saturated carbocycles. The molecule has 3 aromatic carbocycles. The summed E-state index contributed by atoms with van der Waals surface area (Å²) < 4.78 is 24.8. The summed E-state index contributed by atoms with van der Waals surface area (Å²) in [5.41, 5.74) is 3.49. The molecule has 0 aliphatic rings. The molecule has 2 amide bonds. The molecule has 170 valence electrons. The fourth-order valence-electron chi connectivity index (χ4n) is 2.77. The standard InChI is InChI=1S/C24H21ClFN3O4/c1-2-32-21-13-16(14-27-29-24(31)17-8-4-3-5-9-17)12-18(25)23(21)33-15-22(30)28-20-11-7-6-10-19(20)26/h3-14H,2,15H2,1H3,(H,28,30)(H,29,31)/b27-14+. The zero-order valence-electron chi connectivity index (χ0n) is 17.7. The first-order valence-corrected chi connectivity index (χ1v) is 10.4. The normalized spacial score (nSPS) is 10.6. The van der Waals surface area contributed by atoms with E-state index in [0.29, 0.717) is 23.5 Å². The number of hydrogen-bond acceptors (Lipinski definition) is 5. The maximum atomic E-state index is 13.7. The molecule has 0 fully saturated rings. The number of carbonyl (C=O) groups is 2. The summed E-state index contributed by atoms with van der Waals surface area (Å²) in [6, 6.07) is 17.6. The number of ether oxygens (including phenoxy) is 2. The highest BCUT2D eigenvalue weighted by Crippen LogP contribution is 2.36. The largest absolute Gasteiger partial charge is 0.490 e. The zero-order valence-corrected chi connectivity index (χ0v) is 18.4. The van der Waals surface area contributed by atoms with Crippen molar-refractivity contribution >= 4 is 35.3 Å². The van der Waals surface area contributed by atoms with Gasteiger partial charge in [-0.25, -0.2) is 9.82 Å². The molecular weight excluding hydrogens is 449 g/mol. The number of rotatable bonds is 9. The Morgan fingerprint density at radius 1 is 1.06 bits per heavy atom. The lowest BCUT2D eigenvalue weighted by molar-refractivity contribution is -0.118. The summed E-state index contributed by atoms with van der Waals surface area (Å²) in [5.74, 6) is -1.02. The Hall–Kier alpha value is -3.91. The Bertz CT molecular complexity index is 1160. The average Bonchev–Trinajstić information content (AvgIpc) is 2.81. The van der Waals surface area contributed by atoms with E-state index in [9.17, 15) is 14.0 Å². The van der Waals surface area contributed by atoms with E-state index in [2.05, 4.69) is 15.8 Å². The van der Waals surface area contributed by atoms with E-state index in [1.54, 1.807) is 49.4 Å². The lowest BCUT2D eigenvalue weighted by atomic mass is 10.2. The van der Waals surface area contributed by atoms with Gasteiger partial charge in [0.2, 0.25) is 0 Å². The molecule has 0 bridgehead atoms. The summed E-state index contributed by atoms with van der Waals surface area (Å²) >= 11 is 6.33. The molecule has 3 rings (SSSR count). The molecule has 0 aliphatic carbocycles. The van der Waals surface area contributed by atoms with Crippen LogP contribution < -0.4 is 20.2 Å². The second-order valence-corrected chi connectivity index (χ2v) is 7.05. The van der Waals surface area contributed by atoms with Crippen LogP contribution in [0.1, 0.15) is 22.8 Å². The number of nitrogens with zero attached hydrogens (tertiary/aromatic N) is 1. The molecule has 0 radical (unpaired) electrons. The molecule has 3 aromatic rings. The van der Waals surface area contributed by atoms with Gasteiger partial charge in [0, 0.05) is 5.56 Å². The molecule has 0 unspecified atom stereocenters. The van der Waals surface area contributed by atoms with Crippen molar-refractivity contribution in [3.8, 4) is 11.5 Å². The molecule has 33 heavy (non-hydrogen) atoms. The third-order valence-corrected chi connectivity index (χ3v) is 4.52. The van der Waals surface area contributed by atoms with Crippen molar-refractivity contribution in [1.82, 2.24) is 5.43 Å². The van der Waals surface area contributed by atoms with Crippen molar-refractivity contribution < 1.29 is 23.5 Å². The summed E-state index contributed by atoms with van der Waals surface area (Å²) in [6.45, 7) is 1.69. The first-order chi connectivity index (χ1) is 16.0. The molecule has 0 aromatic heterocycles. The Balaban J connectivity index is 1.67. The number of hydrazone groups is 1.